The number of halogens is 1. The SMILES string of the molecule is COc1cc(CN(C)C(=O)C2CC2c2ccc(Cl)cc2)ccc1SC. The van der Waals surface area contributed by atoms with E-state index in [9.17, 15) is 4.79 Å². The molecule has 1 saturated carbocycles. The van der Waals surface area contributed by atoms with Crippen LogP contribution in [0.2, 0.25) is 5.02 Å². The highest BCUT2D eigenvalue weighted by molar-refractivity contribution is 7.98. The Kier molecular flexibility index (Phi) is 5.60. The van der Waals surface area contributed by atoms with Crippen LogP contribution in [-0.2, 0) is 11.3 Å². The number of ether oxygens (including phenoxy) is 1. The van der Waals surface area contributed by atoms with Crippen molar-refractivity contribution in [2.75, 3.05) is 20.4 Å². The quantitative estimate of drug-likeness (QED) is 0.677. The number of nitrogens with zero attached hydrogens (tertiary/aromatic N) is 1. The summed E-state index contributed by atoms with van der Waals surface area (Å²) in [6.45, 7) is 0.591. The normalized spacial score (nSPS) is 18.7. The number of thioether (sulfide) groups is 1. The molecule has 0 N–H and O–H groups in total. The number of benzene rings is 2. The van der Waals surface area contributed by atoms with E-state index in [0.717, 1.165) is 27.7 Å². The molecule has 0 heterocycles. The summed E-state index contributed by atoms with van der Waals surface area (Å²) in [7, 11) is 3.54. The highest BCUT2D eigenvalue weighted by Crippen LogP contribution is 2.48. The standard InChI is InChI=1S/C20H22ClNO2S/c1-22(12-13-4-9-19(25-3)18(10-13)24-2)20(23)17-11-16(17)14-5-7-15(21)8-6-14/h4-10,16-17H,11-12H2,1-3H3. The van der Waals surface area contributed by atoms with Gasteiger partial charge in [0.15, 0.2) is 0 Å². The Balaban J connectivity index is 1.63. The van der Waals surface area contributed by atoms with Crippen LogP contribution in [0.25, 0.3) is 0 Å². The molecule has 5 heteroatoms. The van der Waals surface area contributed by atoms with Crippen molar-refractivity contribution in [2.45, 2.75) is 23.8 Å². The number of methoxy groups -OCH3 is 1. The summed E-state index contributed by atoms with van der Waals surface area (Å²) in [5.41, 5.74) is 2.27. The molecule has 2 aromatic carbocycles. The third-order valence-electron chi connectivity index (χ3n) is 4.65. The molecule has 0 aromatic heterocycles. The van der Waals surface area contributed by atoms with E-state index in [0.29, 0.717) is 12.5 Å². The molecule has 132 valence electrons. The second-order valence-corrected chi connectivity index (χ2v) is 7.67. The first-order chi connectivity index (χ1) is 12.0. The summed E-state index contributed by atoms with van der Waals surface area (Å²) < 4.78 is 5.43. The van der Waals surface area contributed by atoms with Gasteiger partial charge in [-0.2, -0.15) is 0 Å². The average Bonchev–Trinajstić information content (AvgIpc) is 3.42. The van der Waals surface area contributed by atoms with Gasteiger partial charge < -0.3 is 9.64 Å². The van der Waals surface area contributed by atoms with Crippen molar-refractivity contribution < 1.29 is 9.53 Å². The summed E-state index contributed by atoms with van der Waals surface area (Å²) in [5.74, 6) is 1.46. The lowest BCUT2D eigenvalue weighted by molar-refractivity contribution is -0.131. The van der Waals surface area contributed by atoms with Gasteiger partial charge in [-0.15, -0.1) is 11.8 Å². The molecule has 0 spiro atoms. The molecule has 2 atom stereocenters. The van der Waals surface area contributed by atoms with Crippen LogP contribution in [0.15, 0.2) is 47.4 Å². The third kappa shape index (κ3) is 4.13. The number of amides is 1. The van der Waals surface area contributed by atoms with Crippen LogP contribution >= 0.6 is 23.4 Å². The van der Waals surface area contributed by atoms with E-state index in [1.54, 1.807) is 18.9 Å². The molecule has 0 radical (unpaired) electrons. The molecule has 0 saturated heterocycles. The molecule has 0 bridgehead atoms. The summed E-state index contributed by atoms with van der Waals surface area (Å²) in [4.78, 5) is 15.6. The van der Waals surface area contributed by atoms with Gasteiger partial charge in [0.05, 0.1) is 7.11 Å². The lowest BCUT2D eigenvalue weighted by Crippen LogP contribution is -2.28. The minimum atomic E-state index is 0.0820. The average molecular weight is 376 g/mol. The summed E-state index contributed by atoms with van der Waals surface area (Å²) >= 11 is 7.59. The maximum absolute atomic E-state index is 12.7. The Morgan fingerprint density at radius 3 is 2.64 bits per heavy atom. The second kappa shape index (κ2) is 7.71. The van der Waals surface area contributed by atoms with Crippen LogP contribution in [-0.4, -0.2) is 31.2 Å². The monoisotopic (exact) mass is 375 g/mol. The lowest BCUT2D eigenvalue weighted by atomic mass is 10.1. The van der Waals surface area contributed by atoms with Gasteiger partial charge >= 0.3 is 0 Å². The lowest BCUT2D eigenvalue weighted by Gasteiger charge is -2.18. The highest BCUT2D eigenvalue weighted by atomic mass is 35.5. The maximum atomic E-state index is 12.7. The molecule has 2 aromatic rings. The summed E-state index contributed by atoms with van der Waals surface area (Å²) in [6.07, 6.45) is 2.94. The minimum absolute atomic E-state index is 0.0820. The van der Waals surface area contributed by atoms with Crippen molar-refractivity contribution in [1.29, 1.82) is 0 Å². The molecular formula is C20H22ClNO2S. The van der Waals surface area contributed by atoms with Gasteiger partial charge in [-0.25, -0.2) is 0 Å². The minimum Gasteiger partial charge on any atom is -0.496 e. The Morgan fingerprint density at radius 1 is 1.28 bits per heavy atom. The molecule has 1 fully saturated rings. The smallest absolute Gasteiger partial charge is 0.226 e. The van der Waals surface area contributed by atoms with Gasteiger partial charge in [-0.05, 0) is 54.0 Å². The molecule has 3 rings (SSSR count). The van der Waals surface area contributed by atoms with E-state index in [-0.39, 0.29) is 11.8 Å². The zero-order valence-electron chi connectivity index (χ0n) is 14.7. The Bertz CT molecular complexity index is 763. The van der Waals surface area contributed by atoms with E-state index >= 15 is 0 Å². The number of rotatable bonds is 6. The van der Waals surface area contributed by atoms with Gasteiger partial charge in [-0.3, -0.25) is 4.79 Å². The van der Waals surface area contributed by atoms with E-state index < -0.39 is 0 Å². The van der Waals surface area contributed by atoms with Crippen molar-refractivity contribution in [3.05, 3.63) is 58.6 Å². The third-order valence-corrected chi connectivity index (χ3v) is 5.68. The maximum Gasteiger partial charge on any atom is 0.226 e. The van der Waals surface area contributed by atoms with E-state index in [1.165, 1.54) is 5.56 Å². The fraction of sp³-hybridized carbons (Fsp3) is 0.350. The van der Waals surface area contributed by atoms with Crippen LogP contribution in [0.1, 0.15) is 23.5 Å². The predicted octanol–water partition coefficient (Wildman–Crippen LogP) is 4.83. The van der Waals surface area contributed by atoms with E-state index in [2.05, 4.69) is 6.07 Å². The van der Waals surface area contributed by atoms with Gasteiger partial charge in [0.25, 0.3) is 0 Å². The molecule has 2 unspecified atom stereocenters. The van der Waals surface area contributed by atoms with E-state index in [1.807, 2.05) is 54.6 Å². The predicted molar refractivity (Wildman–Crippen MR) is 104 cm³/mol. The van der Waals surface area contributed by atoms with Crippen molar-refractivity contribution in [3.8, 4) is 5.75 Å². The van der Waals surface area contributed by atoms with Crippen LogP contribution in [0.3, 0.4) is 0 Å². The number of hydrogen-bond donors (Lipinski definition) is 0. The number of hydrogen-bond acceptors (Lipinski definition) is 3. The number of carbonyl (C=O) groups is 1. The van der Waals surface area contributed by atoms with Crippen molar-refractivity contribution in [3.63, 3.8) is 0 Å². The molecule has 1 amide bonds. The first kappa shape index (κ1) is 18.2. The molecule has 1 aliphatic rings. The summed E-state index contributed by atoms with van der Waals surface area (Å²) in [5, 5.41) is 0.729. The first-order valence-corrected chi connectivity index (χ1v) is 9.85. The molecule has 1 aliphatic carbocycles. The zero-order chi connectivity index (χ0) is 18.0. The van der Waals surface area contributed by atoms with Gasteiger partial charge in [0.1, 0.15) is 5.75 Å². The van der Waals surface area contributed by atoms with Gasteiger partial charge in [0, 0.05) is 29.4 Å². The fourth-order valence-electron chi connectivity index (χ4n) is 3.16. The van der Waals surface area contributed by atoms with E-state index in [4.69, 9.17) is 16.3 Å². The van der Waals surface area contributed by atoms with Gasteiger partial charge in [0.2, 0.25) is 5.91 Å². The molecule has 0 aliphatic heterocycles. The highest BCUT2D eigenvalue weighted by Gasteiger charge is 2.45. The molecule has 3 nitrogen and oxygen atoms in total. The van der Waals surface area contributed by atoms with Crippen molar-refractivity contribution >= 4 is 29.3 Å². The van der Waals surface area contributed by atoms with Crippen LogP contribution in [0.4, 0.5) is 0 Å². The van der Waals surface area contributed by atoms with Crippen LogP contribution in [0, 0.1) is 5.92 Å². The first-order valence-electron chi connectivity index (χ1n) is 8.25. The second-order valence-electron chi connectivity index (χ2n) is 6.38. The topological polar surface area (TPSA) is 29.5 Å². The Morgan fingerprint density at radius 2 is 2.00 bits per heavy atom. The van der Waals surface area contributed by atoms with Crippen molar-refractivity contribution in [1.82, 2.24) is 4.90 Å². The Labute approximate surface area is 158 Å². The van der Waals surface area contributed by atoms with Crippen molar-refractivity contribution in [2.24, 2.45) is 5.92 Å². The molecular weight excluding hydrogens is 354 g/mol. The summed E-state index contributed by atoms with van der Waals surface area (Å²) in [6, 6.07) is 13.9. The zero-order valence-corrected chi connectivity index (χ0v) is 16.2. The molecule has 25 heavy (non-hydrogen) atoms. The number of carbonyl (C=O) groups excluding carboxylic acids is 1. The fourth-order valence-corrected chi connectivity index (χ4v) is 3.83. The van der Waals surface area contributed by atoms with Gasteiger partial charge in [-0.1, -0.05) is 29.8 Å². The van der Waals surface area contributed by atoms with Crippen LogP contribution < -0.4 is 4.74 Å². The largest absolute Gasteiger partial charge is 0.496 e. The van der Waals surface area contributed by atoms with Crippen LogP contribution in [0.5, 0.6) is 5.75 Å². The Hall–Kier alpha value is -1.65.